The summed E-state index contributed by atoms with van der Waals surface area (Å²) in [5.41, 5.74) is 8.35. The Morgan fingerprint density at radius 2 is 1.76 bits per heavy atom. The average Bonchev–Trinajstić information content (AvgIpc) is 3.09. The molecule has 3 rings (SSSR count). The minimum atomic E-state index is -0.00422. The number of nitrogens with two attached hydrogens (primary N) is 1. The fourth-order valence-corrected chi connectivity index (χ4v) is 3.03. The summed E-state index contributed by atoms with van der Waals surface area (Å²) in [4.78, 5) is 12.1. The Morgan fingerprint density at radius 3 is 2.48 bits per heavy atom. The van der Waals surface area contributed by atoms with Gasteiger partial charge >= 0.3 is 0 Å². The average molecular weight is 361 g/mol. The number of hydrogen-bond acceptors (Lipinski definition) is 3. The van der Waals surface area contributed by atoms with E-state index in [1.807, 2.05) is 48.5 Å². The summed E-state index contributed by atoms with van der Waals surface area (Å²) in [5.74, 6) is 0.882. The molecule has 0 saturated heterocycles. The third-order valence-electron chi connectivity index (χ3n) is 4.39. The lowest BCUT2D eigenvalue weighted by atomic mass is 10.1. The van der Waals surface area contributed by atoms with Crippen LogP contribution in [0, 0.1) is 0 Å². The molecule has 1 saturated carbocycles. The summed E-state index contributed by atoms with van der Waals surface area (Å²) in [6.45, 7) is 0.483. The van der Waals surface area contributed by atoms with Gasteiger partial charge in [-0.25, -0.2) is 0 Å². The maximum atomic E-state index is 12.1. The summed E-state index contributed by atoms with van der Waals surface area (Å²) >= 11 is 0. The molecule has 4 nitrogen and oxygen atoms in total. The zero-order valence-corrected chi connectivity index (χ0v) is 15.1. The smallest absolute Gasteiger partial charge is 0.224 e. The minimum absolute atomic E-state index is 0. The maximum Gasteiger partial charge on any atom is 0.224 e. The zero-order valence-electron chi connectivity index (χ0n) is 14.2. The van der Waals surface area contributed by atoms with Gasteiger partial charge in [-0.15, -0.1) is 12.4 Å². The van der Waals surface area contributed by atoms with Gasteiger partial charge in [0.15, 0.2) is 0 Å². The van der Waals surface area contributed by atoms with Crippen molar-refractivity contribution in [2.45, 2.75) is 44.8 Å². The first-order chi connectivity index (χ1) is 11.7. The monoisotopic (exact) mass is 360 g/mol. The number of nitrogens with one attached hydrogen (secondary N) is 1. The fourth-order valence-electron chi connectivity index (χ4n) is 3.03. The van der Waals surface area contributed by atoms with E-state index in [2.05, 4.69) is 5.32 Å². The van der Waals surface area contributed by atoms with Gasteiger partial charge in [0.1, 0.15) is 5.75 Å². The molecule has 1 aliphatic carbocycles. The first-order valence-electron chi connectivity index (χ1n) is 8.56. The van der Waals surface area contributed by atoms with E-state index in [1.54, 1.807) is 0 Å². The molecule has 0 aliphatic heterocycles. The van der Waals surface area contributed by atoms with Crippen LogP contribution in [0.15, 0.2) is 48.5 Å². The van der Waals surface area contributed by atoms with Crippen LogP contribution < -0.4 is 15.8 Å². The highest BCUT2D eigenvalue weighted by Gasteiger charge is 2.17. The SMILES string of the molecule is Cl.Nc1ccc(CC(=O)NCc2ccccc2OC2CCCC2)cc1. The van der Waals surface area contributed by atoms with E-state index in [1.165, 1.54) is 12.8 Å². The van der Waals surface area contributed by atoms with Crippen molar-refractivity contribution in [3.63, 3.8) is 0 Å². The molecule has 2 aromatic carbocycles. The van der Waals surface area contributed by atoms with Gasteiger partial charge in [-0.05, 0) is 49.4 Å². The number of carbonyl (C=O) groups excluding carboxylic acids is 1. The van der Waals surface area contributed by atoms with Crippen LogP contribution in [0.3, 0.4) is 0 Å². The predicted octanol–water partition coefficient (Wildman–Crippen LogP) is 3.87. The normalized spacial score (nSPS) is 13.9. The van der Waals surface area contributed by atoms with Gasteiger partial charge in [0.05, 0.1) is 12.5 Å². The quantitative estimate of drug-likeness (QED) is 0.768. The number of anilines is 1. The number of nitrogen functional groups attached to an aromatic ring is 1. The Morgan fingerprint density at radius 1 is 1.08 bits per heavy atom. The Labute approximate surface area is 155 Å². The van der Waals surface area contributed by atoms with E-state index in [9.17, 15) is 4.79 Å². The second-order valence-corrected chi connectivity index (χ2v) is 6.33. The van der Waals surface area contributed by atoms with Gasteiger partial charge in [-0.2, -0.15) is 0 Å². The van der Waals surface area contributed by atoms with Crippen LogP contribution in [0.4, 0.5) is 5.69 Å². The third-order valence-corrected chi connectivity index (χ3v) is 4.39. The van der Waals surface area contributed by atoms with E-state index in [-0.39, 0.29) is 18.3 Å². The molecule has 0 heterocycles. The zero-order chi connectivity index (χ0) is 16.8. The molecule has 0 spiro atoms. The van der Waals surface area contributed by atoms with Crippen LogP contribution >= 0.6 is 12.4 Å². The molecule has 0 bridgehead atoms. The number of carbonyl (C=O) groups is 1. The molecule has 2 aromatic rings. The number of benzene rings is 2. The van der Waals surface area contributed by atoms with Crippen LogP contribution in [-0.4, -0.2) is 12.0 Å². The molecule has 0 aromatic heterocycles. The van der Waals surface area contributed by atoms with Crippen LogP contribution in [0.2, 0.25) is 0 Å². The van der Waals surface area contributed by atoms with Gasteiger partial charge in [-0.3, -0.25) is 4.79 Å². The summed E-state index contributed by atoms with van der Waals surface area (Å²) in [6, 6.07) is 15.3. The van der Waals surface area contributed by atoms with Crippen LogP contribution in [0.25, 0.3) is 0 Å². The van der Waals surface area contributed by atoms with Crippen molar-refractivity contribution >= 4 is 24.0 Å². The van der Waals surface area contributed by atoms with Crippen molar-refractivity contribution in [2.75, 3.05) is 5.73 Å². The predicted molar refractivity (Wildman–Crippen MR) is 103 cm³/mol. The van der Waals surface area contributed by atoms with Crippen molar-refractivity contribution < 1.29 is 9.53 Å². The third kappa shape index (κ3) is 5.68. The number of ether oxygens (including phenoxy) is 1. The first-order valence-corrected chi connectivity index (χ1v) is 8.56. The van der Waals surface area contributed by atoms with Gasteiger partial charge in [0.2, 0.25) is 5.91 Å². The van der Waals surface area contributed by atoms with E-state index in [0.717, 1.165) is 29.7 Å². The lowest BCUT2D eigenvalue weighted by Crippen LogP contribution is -2.25. The first kappa shape index (κ1) is 19.1. The molecule has 0 atom stereocenters. The molecule has 1 aliphatic rings. The topological polar surface area (TPSA) is 64.4 Å². The fraction of sp³-hybridized carbons (Fsp3) is 0.350. The lowest BCUT2D eigenvalue weighted by Gasteiger charge is -2.16. The summed E-state index contributed by atoms with van der Waals surface area (Å²) < 4.78 is 6.10. The molecule has 5 heteroatoms. The van der Waals surface area contributed by atoms with Gasteiger partial charge < -0.3 is 15.8 Å². The molecule has 0 unspecified atom stereocenters. The number of amides is 1. The second-order valence-electron chi connectivity index (χ2n) is 6.33. The number of rotatable bonds is 6. The van der Waals surface area contributed by atoms with Crippen molar-refractivity contribution in [3.8, 4) is 5.75 Å². The highest BCUT2D eigenvalue weighted by molar-refractivity contribution is 5.85. The van der Waals surface area contributed by atoms with E-state index in [4.69, 9.17) is 10.5 Å². The number of hydrogen-bond donors (Lipinski definition) is 2. The molecule has 0 radical (unpaired) electrons. The summed E-state index contributed by atoms with van der Waals surface area (Å²) in [7, 11) is 0. The van der Waals surface area contributed by atoms with Crippen molar-refractivity contribution in [3.05, 3.63) is 59.7 Å². The van der Waals surface area contributed by atoms with Crippen molar-refractivity contribution in [1.29, 1.82) is 0 Å². The Balaban J connectivity index is 0.00000225. The summed E-state index contributed by atoms with van der Waals surface area (Å²) in [6.07, 6.45) is 5.40. The number of para-hydroxylation sites is 1. The Bertz CT molecular complexity index is 682. The maximum absolute atomic E-state index is 12.1. The largest absolute Gasteiger partial charge is 0.490 e. The van der Waals surface area contributed by atoms with Crippen LogP contribution in [0.1, 0.15) is 36.8 Å². The van der Waals surface area contributed by atoms with E-state index < -0.39 is 0 Å². The lowest BCUT2D eigenvalue weighted by molar-refractivity contribution is -0.120. The number of halogens is 1. The Hall–Kier alpha value is -2.20. The van der Waals surface area contributed by atoms with E-state index >= 15 is 0 Å². The van der Waals surface area contributed by atoms with Crippen LogP contribution in [0.5, 0.6) is 5.75 Å². The molecule has 134 valence electrons. The highest BCUT2D eigenvalue weighted by Crippen LogP contribution is 2.26. The van der Waals surface area contributed by atoms with Crippen molar-refractivity contribution in [1.82, 2.24) is 5.32 Å². The summed E-state index contributed by atoms with van der Waals surface area (Å²) in [5, 5.41) is 2.98. The molecular formula is C20H25ClN2O2. The van der Waals surface area contributed by atoms with Gasteiger partial charge in [0.25, 0.3) is 0 Å². The second kappa shape index (κ2) is 9.33. The minimum Gasteiger partial charge on any atom is -0.490 e. The highest BCUT2D eigenvalue weighted by atomic mass is 35.5. The van der Waals surface area contributed by atoms with Gasteiger partial charge in [-0.1, -0.05) is 30.3 Å². The molecule has 3 N–H and O–H groups in total. The standard InChI is InChI=1S/C20H24N2O2.ClH/c21-17-11-9-15(10-12-17)13-20(23)22-14-16-5-1-4-8-19(16)24-18-6-2-3-7-18;/h1,4-5,8-12,18H,2-3,6-7,13-14,21H2,(H,22,23);1H. The van der Waals surface area contributed by atoms with Gasteiger partial charge in [0, 0.05) is 17.8 Å². The van der Waals surface area contributed by atoms with Crippen LogP contribution in [-0.2, 0) is 17.8 Å². The molecular weight excluding hydrogens is 336 g/mol. The van der Waals surface area contributed by atoms with Crippen molar-refractivity contribution in [2.24, 2.45) is 0 Å². The Kier molecular flexibility index (Phi) is 7.14. The molecule has 1 amide bonds. The molecule has 25 heavy (non-hydrogen) atoms. The van der Waals surface area contributed by atoms with E-state index in [0.29, 0.717) is 24.8 Å². The molecule has 1 fully saturated rings.